The lowest BCUT2D eigenvalue weighted by Gasteiger charge is -2.04. The topological polar surface area (TPSA) is 86.2 Å². The van der Waals surface area contributed by atoms with E-state index >= 15 is 0 Å². The van der Waals surface area contributed by atoms with Gasteiger partial charge >= 0.3 is 0 Å². The zero-order valence-electron chi connectivity index (χ0n) is 12.9. The molecule has 1 fully saturated rings. The van der Waals surface area contributed by atoms with Crippen LogP contribution in [0.5, 0.6) is 0 Å². The summed E-state index contributed by atoms with van der Waals surface area (Å²) in [5, 5.41) is 5.14. The lowest BCUT2D eigenvalue weighted by molar-refractivity contribution is 0.467. The first kappa shape index (κ1) is 15.2. The molecule has 0 aliphatic heterocycles. The summed E-state index contributed by atoms with van der Waals surface area (Å²) in [6.07, 6.45) is 2.56. The summed E-state index contributed by atoms with van der Waals surface area (Å²) in [4.78, 5) is 4.67. The van der Waals surface area contributed by atoms with Crippen LogP contribution in [0.15, 0.2) is 39.8 Å². The van der Waals surface area contributed by atoms with E-state index in [1.54, 1.807) is 18.4 Å². The van der Waals surface area contributed by atoms with E-state index < -0.39 is 10.0 Å². The second-order valence-electron chi connectivity index (χ2n) is 6.42. The van der Waals surface area contributed by atoms with Crippen LogP contribution in [0.3, 0.4) is 0 Å². The SMILES string of the molecule is CCc1coc([C@H]2[C@H](c3ccc(S(N)(=O)=O)cc3)C2(C)C)n1. The van der Waals surface area contributed by atoms with Crippen LogP contribution in [-0.4, -0.2) is 13.4 Å². The number of oxazole rings is 1. The molecule has 2 N–H and O–H groups in total. The van der Waals surface area contributed by atoms with Crippen molar-refractivity contribution in [2.24, 2.45) is 10.6 Å². The molecule has 0 unspecified atom stereocenters. The molecule has 1 aliphatic rings. The van der Waals surface area contributed by atoms with Crippen LogP contribution >= 0.6 is 0 Å². The number of aryl methyl sites for hydroxylation is 1. The van der Waals surface area contributed by atoms with E-state index in [1.165, 1.54) is 0 Å². The normalized spacial score (nSPS) is 23.5. The highest BCUT2D eigenvalue weighted by Crippen LogP contribution is 2.69. The summed E-state index contributed by atoms with van der Waals surface area (Å²) in [6, 6.07) is 6.78. The molecule has 118 valence electrons. The van der Waals surface area contributed by atoms with Crippen LogP contribution in [0, 0.1) is 5.41 Å². The number of sulfonamides is 1. The van der Waals surface area contributed by atoms with Gasteiger partial charge in [0.25, 0.3) is 0 Å². The van der Waals surface area contributed by atoms with Crippen molar-refractivity contribution in [3.05, 3.63) is 47.7 Å². The highest BCUT2D eigenvalue weighted by molar-refractivity contribution is 7.89. The molecule has 1 aromatic carbocycles. The predicted molar refractivity (Wildman–Crippen MR) is 83.0 cm³/mol. The maximum absolute atomic E-state index is 11.3. The van der Waals surface area contributed by atoms with Gasteiger partial charge in [0.1, 0.15) is 6.26 Å². The van der Waals surface area contributed by atoms with Crippen molar-refractivity contribution in [2.45, 2.75) is 43.9 Å². The quantitative estimate of drug-likeness (QED) is 0.938. The Labute approximate surface area is 130 Å². The average molecular weight is 320 g/mol. The lowest BCUT2D eigenvalue weighted by Crippen LogP contribution is -2.11. The monoisotopic (exact) mass is 320 g/mol. The van der Waals surface area contributed by atoms with Crippen molar-refractivity contribution < 1.29 is 12.8 Å². The van der Waals surface area contributed by atoms with Crippen LogP contribution < -0.4 is 5.14 Å². The maximum Gasteiger partial charge on any atom is 0.238 e. The Balaban J connectivity index is 1.89. The molecule has 0 saturated heterocycles. The van der Waals surface area contributed by atoms with E-state index in [0.29, 0.717) is 0 Å². The zero-order chi connectivity index (χ0) is 16.1. The predicted octanol–water partition coefficient (Wildman–Crippen LogP) is 2.79. The Kier molecular flexibility index (Phi) is 3.41. The highest BCUT2D eigenvalue weighted by Gasteiger charge is 2.61. The minimum atomic E-state index is -3.65. The fraction of sp³-hybridized carbons (Fsp3) is 0.438. The second kappa shape index (κ2) is 4.93. The van der Waals surface area contributed by atoms with E-state index in [0.717, 1.165) is 23.6 Å². The fourth-order valence-electron chi connectivity index (χ4n) is 3.21. The summed E-state index contributed by atoms with van der Waals surface area (Å²) in [6.45, 7) is 6.39. The van der Waals surface area contributed by atoms with Crippen molar-refractivity contribution in [3.63, 3.8) is 0 Å². The minimum absolute atomic E-state index is 0.0406. The molecular weight excluding hydrogens is 300 g/mol. The van der Waals surface area contributed by atoms with Gasteiger partial charge in [-0.1, -0.05) is 32.9 Å². The number of nitrogens with zero attached hydrogens (tertiary/aromatic N) is 1. The molecule has 22 heavy (non-hydrogen) atoms. The van der Waals surface area contributed by atoms with Gasteiger partial charge < -0.3 is 4.42 Å². The summed E-state index contributed by atoms with van der Waals surface area (Å²) in [5.74, 6) is 1.25. The number of nitrogens with two attached hydrogens (primary N) is 1. The van der Waals surface area contributed by atoms with Gasteiger partial charge in [-0.05, 0) is 29.5 Å². The summed E-state index contributed by atoms with van der Waals surface area (Å²) in [5.41, 5.74) is 2.08. The van der Waals surface area contributed by atoms with Gasteiger partial charge in [-0.3, -0.25) is 0 Å². The number of hydrogen-bond acceptors (Lipinski definition) is 4. The standard InChI is InChI=1S/C16H20N2O3S/c1-4-11-9-21-15(18-11)14-13(16(14,2)3)10-5-7-12(8-6-10)22(17,19)20/h5-9,13-14H,4H2,1-3H3,(H2,17,19,20)/t13-,14+/m0/s1. The first-order valence-electron chi connectivity index (χ1n) is 7.32. The molecule has 0 radical (unpaired) electrons. The molecule has 1 saturated carbocycles. The van der Waals surface area contributed by atoms with Crippen molar-refractivity contribution in [3.8, 4) is 0 Å². The van der Waals surface area contributed by atoms with Crippen molar-refractivity contribution in [2.75, 3.05) is 0 Å². The number of aromatic nitrogens is 1. The molecule has 2 aromatic rings. The van der Waals surface area contributed by atoms with E-state index in [-0.39, 0.29) is 22.1 Å². The Morgan fingerprint density at radius 2 is 1.86 bits per heavy atom. The molecule has 0 amide bonds. The first-order chi connectivity index (χ1) is 10.2. The smallest absolute Gasteiger partial charge is 0.238 e. The third-order valence-electron chi connectivity index (χ3n) is 4.59. The molecule has 0 bridgehead atoms. The summed E-state index contributed by atoms with van der Waals surface area (Å²) >= 11 is 0. The maximum atomic E-state index is 11.3. The molecule has 1 aliphatic carbocycles. The van der Waals surface area contributed by atoms with Crippen LogP contribution in [-0.2, 0) is 16.4 Å². The zero-order valence-corrected chi connectivity index (χ0v) is 13.7. The van der Waals surface area contributed by atoms with Gasteiger partial charge in [-0.25, -0.2) is 18.5 Å². The van der Waals surface area contributed by atoms with E-state index in [1.807, 2.05) is 19.1 Å². The van der Waals surface area contributed by atoms with Gasteiger partial charge in [0.05, 0.1) is 10.6 Å². The molecule has 1 heterocycles. The Morgan fingerprint density at radius 3 is 2.36 bits per heavy atom. The third-order valence-corrected chi connectivity index (χ3v) is 5.52. The number of rotatable bonds is 4. The van der Waals surface area contributed by atoms with E-state index in [2.05, 4.69) is 18.8 Å². The van der Waals surface area contributed by atoms with Gasteiger partial charge in [-0.15, -0.1) is 0 Å². The first-order valence-corrected chi connectivity index (χ1v) is 8.87. The molecule has 5 nitrogen and oxygen atoms in total. The molecule has 6 heteroatoms. The Hall–Kier alpha value is -1.66. The van der Waals surface area contributed by atoms with Crippen LogP contribution in [0.1, 0.15) is 49.8 Å². The van der Waals surface area contributed by atoms with E-state index in [9.17, 15) is 8.42 Å². The molecular formula is C16H20N2O3S. The van der Waals surface area contributed by atoms with Crippen molar-refractivity contribution in [1.29, 1.82) is 0 Å². The van der Waals surface area contributed by atoms with E-state index in [4.69, 9.17) is 9.56 Å². The summed E-state index contributed by atoms with van der Waals surface area (Å²) < 4.78 is 28.3. The number of primary sulfonamides is 1. The van der Waals surface area contributed by atoms with Gasteiger partial charge in [0.15, 0.2) is 5.89 Å². The van der Waals surface area contributed by atoms with Crippen molar-refractivity contribution in [1.82, 2.24) is 4.98 Å². The molecule has 3 rings (SSSR count). The largest absolute Gasteiger partial charge is 0.448 e. The van der Waals surface area contributed by atoms with Crippen LogP contribution in [0.25, 0.3) is 0 Å². The van der Waals surface area contributed by atoms with Crippen molar-refractivity contribution >= 4 is 10.0 Å². The van der Waals surface area contributed by atoms with Gasteiger partial charge in [0, 0.05) is 11.8 Å². The Morgan fingerprint density at radius 1 is 1.23 bits per heavy atom. The summed E-state index contributed by atoms with van der Waals surface area (Å²) in [7, 11) is -3.65. The average Bonchev–Trinajstić information content (AvgIpc) is 2.83. The van der Waals surface area contributed by atoms with Crippen LogP contribution in [0.4, 0.5) is 0 Å². The highest BCUT2D eigenvalue weighted by atomic mass is 32.2. The van der Waals surface area contributed by atoms with Gasteiger partial charge in [0.2, 0.25) is 10.0 Å². The number of benzene rings is 1. The molecule has 1 aromatic heterocycles. The minimum Gasteiger partial charge on any atom is -0.448 e. The number of hydrogen-bond donors (Lipinski definition) is 1. The fourth-order valence-corrected chi connectivity index (χ4v) is 3.73. The lowest BCUT2D eigenvalue weighted by atomic mass is 10.0. The van der Waals surface area contributed by atoms with Gasteiger partial charge in [-0.2, -0.15) is 0 Å². The molecule has 2 atom stereocenters. The third kappa shape index (κ3) is 2.46. The second-order valence-corrected chi connectivity index (χ2v) is 7.98. The van der Waals surface area contributed by atoms with Crippen LogP contribution in [0.2, 0.25) is 0 Å². The Bertz CT molecular complexity index is 791. The molecule has 0 spiro atoms.